The fraction of sp³-hybridized carbons (Fsp3) is 0.500. The summed E-state index contributed by atoms with van der Waals surface area (Å²) in [4.78, 5) is 11.3. The lowest BCUT2D eigenvalue weighted by Crippen LogP contribution is -2.15. The van der Waals surface area contributed by atoms with Crippen molar-refractivity contribution >= 4 is 5.78 Å². The Morgan fingerprint density at radius 2 is 2.00 bits per heavy atom. The topological polar surface area (TPSA) is 17.1 Å². The van der Waals surface area contributed by atoms with E-state index >= 15 is 0 Å². The Bertz CT molecular complexity index is 315. The van der Waals surface area contributed by atoms with Crippen LogP contribution in [0.3, 0.4) is 0 Å². The second-order valence-electron chi connectivity index (χ2n) is 4.53. The van der Waals surface area contributed by atoms with Gasteiger partial charge in [-0.15, -0.1) is 0 Å². The molecule has 1 heteroatoms. The van der Waals surface area contributed by atoms with Crippen LogP contribution in [0.5, 0.6) is 0 Å². The van der Waals surface area contributed by atoms with E-state index in [0.717, 1.165) is 25.7 Å². The molecule has 1 nitrogen and oxygen atoms in total. The molecule has 1 aliphatic carbocycles. The van der Waals surface area contributed by atoms with Gasteiger partial charge in [0.25, 0.3) is 0 Å². The monoisotopic (exact) mass is 202 g/mol. The molecule has 0 spiro atoms. The minimum absolute atomic E-state index is 0.472. The van der Waals surface area contributed by atoms with E-state index in [1.807, 2.05) is 6.07 Å². The van der Waals surface area contributed by atoms with Gasteiger partial charge in [0.05, 0.1) is 0 Å². The molecule has 0 heterocycles. The van der Waals surface area contributed by atoms with Gasteiger partial charge in [-0.2, -0.15) is 0 Å². The summed E-state index contributed by atoms with van der Waals surface area (Å²) < 4.78 is 0. The maximum atomic E-state index is 11.3. The van der Waals surface area contributed by atoms with E-state index in [0.29, 0.717) is 11.7 Å². The van der Waals surface area contributed by atoms with E-state index in [1.54, 1.807) is 0 Å². The van der Waals surface area contributed by atoms with Crippen LogP contribution in [0.15, 0.2) is 30.3 Å². The molecule has 80 valence electrons. The molecule has 0 saturated heterocycles. The van der Waals surface area contributed by atoms with Gasteiger partial charge in [-0.05, 0) is 37.2 Å². The van der Waals surface area contributed by atoms with Crippen LogP contribution in [0, 0.1) is 5.92 Å². The third-order valence-electron chi connectivity index (χ3n) is 3.27. The van der Waals surface area contributed by atoms with E-state index < -0.39 is 0 Å². The predicted octanol–water partition coefficient (Wildman–Crippen LogP) is 3.38. The van der Waals surface area contributed by atoms with Crippen LogP contribution in [0.4, 0.5) is 0 Å². The van der Waals surface area contributed by atoms with Gasteiger partial charge in [0, 0.05) is 12.8 Å². The number of rotatable bonds is 3. The number of ketones is 1. The van der Waals surface area contributed by atoms with Crippen molar-refractivity contribution in [3.8, 4) is 0 Å². The summed E-state index contributed by atoms with van der Waals surface area (Å²) in [7, 11) is 0. The molecule has 0 aliphatic heterocycles. The van der Waals surface area contributed by atoms with Crippen LogP contribution >= 0.6 is 0 Å². The molecule has 1 fully saturated rings. The SMILES string of the molecule is O=C1CCC[C@H](CCc2ccccc2)C1. The van der Waals surface area contributed by atoms with Crippen molar-refractivity contribution in [1.29, 1.82) is 0 Å². The van der Waals surface area contributed by atoms with Crippen molar-refractivity contribution in [2.75, 3.05) is 0 Å². The maximum absolute atomic E-state index is 11.3. The first-order chi connectivity index (χ1) is 7.34. The highest BCUT2D eigenvalue weighted by Crippen LogP contribution is 2.25. The fourth-order valence-electron chi connectivity index (χ4n) is 2.38. The molecule has 15 heavy (non-hydrogen) atoms. The first kappa shape index (κ1) is 10.4. The highest BCUT2D eigenvalue weighted by Gasteiger charge is 2.18. The molecular formula is C14H18O. The largest absolute Gasteiger partial charge is 0.300 e. The van der Waals surface area contributed by atoms with Gasteiger partial charge in [-0.3, -0.25) is 4.79 Å². The zero-order chi connectivity index (χ0) is 10.5. The molecule has 1 atom stereocenters. The number of aryl methyl sites for hydroxylation is 1. The maximum Gasteiger partial charge on any atom is 0.133 e. The second kappa shape index (κ2) is 5.11. The van der Waals surface area contributed by atoms with E-state index in [-0.39, 0.29) is 0 Å². The molecule has 1 aromatic carbocycles. The smallest absolute Gasteiger partial charge is 0.133 e. The van der Waals surface area contributed by atoms with E-state index in [9.17, 15) is 4.79 Å². The summed E-state index contributed by atoms with van der Waals surface area (Å²) in [6.07, 6.45) is 6.31. The van der Waals surface area contributed by atoms with Crippen molar-refractivity contribution in [3.05, 3.63) is 35.9 Å². The van der Waals surface area contributed by atoms with Crippen LogP contribution in [0.2, 0.25) is 0 Å². The molecule has 0 unspecified atom stereocenters. The van der Waals surface area contributed by atoms with E-state index in [4.69, 9.17) is 0 Å². The van der Waals surface area contributed by atoms with Crippen molar-refractivity contribution < 1.29 is 4.79 Å². The molecule has 1 aromatic rings. The van der Waals surface area contributed by atoms with Gasteiger partial charge in [-0.1, -0.05) is 30.3 Å². The number of hydrogen-bond donors (Lipinski definition) is 0. The summed E-state index contributed by atoms with van der Waals surface area (Å²) in [5.41, 5.74) is 1.40. The van der Waals surface area contributed by atoms with Crippen molar-refractivity contribution in [3.63, 3.8) is 0 Å². The summed E-state index contributed by atoms with van der Waals surface area (Å²) in [5.74, 6) is 1.12. The molecule has 0 N–H and O–H groups in total. The minimum Gasteiger partial charge on any atom is -0.300 e. The molecule has 1 saturated carbocycles. The lowest BCUT2D eigenvalue weighted by atomic mass is 9.84. The first-order valence-corrected chi connectivity index (χ1v) is 5.90. The van der Waals surface area contributed by atoms with Gasteiger partial charge in [0.2, 0.25) is 0 Å². The van der Waals surface area contributed by atoms with Crippen LogP contribution < -0.4 is 0 Å². The molecule has 0 radical (unpaired) electrons. The zero-order valence-corrected chi connectivity index (χ0v) is 9.11. The predicted molar refractivity (Wildman–Crippen MR) is 61.7 cm³/mol. The van der Waals surface area contributed by atoms with Crippen molar-refractivity contribution in [2.45, 2.75) is 38.5 Å². The minimum atomic E-state index is 0.472. The first-order valence-electron chi connectivity index (χ1n) is 5.90. The third kappa shape index (κ3) is 3.19. The van der Waals surface area contributed by atoms with Crippen LogP contribution in [-0.4, -0.2) is 5.78 Å². The summed E-state index contributed by atoms with van der Waals surface area (Å²) >= 11 is 0. The Morgan fingerprint density at radius 1 is 1.20 bits per heavy atom. The van der Waals surface area contributed by atoms with Crippen LogP contribution in [0.25, 0.3) is 0 Å². The van der Waals surface area contributed by atoms with Crippen LogP contribution in [-0.2, 0) is 11.2 Å². The number of carbonyl (C=O) groups is 1. The molecule has 0 amide bonds. The van der Waals surface area contributed by atoms with Gasteiger partial charge in [-0.25, -0.2) is 0 Å². The van der Waals surface area contributed by atoms with Gasteiger partial charge in [0.15, 0.2) is 0 Å². The second-order valence-corrected chi connectivity index (χ2v) is 4.53. The fourth-order valence-corrected chi connectivity index (χ4v) is 2.38. The number of Topliss-reactive ketones (excluding diaryl/α,β-unsaturated/α-hetero) is 1. The Labute approximate surface area is 91.5 Å². The number of carbonyl (C=O) groups excluding carboxylic acids is 1. The molecule has 2 rings (SSSR count). The van der Waals surface area contributed by atoms with Gasteiger partial charge < -0.3 is 0 Å². The summed E-state index contributed by atoms with van der Waals surface area (Å²) in [6, 6.07) is 10.6. The average molecular weight is 202 g/mol. The summed E-state index contributed by atoms with van der Waals surface area (Å²) in [6.45, 7) is 0. The zero-order valence-electron chi connectivity index (χ0n) is 9.11. The van der Waals surface area contributed by atoms with Crippen molar-refractivity contribution in [1.82, 2.24) is 0 Å². The summed E-state index contributed by atoms with van der Waals surface area (Å²) in [5, 5.41) is 0. The average Bonchev–Trinajstić information content (AvgIpc) is 2.28. The highest BCUT2D eigenvalue weighted by molar-refractivity contribution is 5.79. The number of hydrogen-bond acceptors (Lipinski definition) is 1. The van der Waals surface area contributed by atoms with Gasteiger partial charge >= 0.3 is 0 Å². The van der Waals surface area contributed by atoms with Gasteiger partial charge in [0.1, 0.15) is 5.78 Å². The van der Waals surface area contributed by atoms with E-state index in [2.05, 4.69) is 24.3 Å². The molecule has 0 aromatic heterocycles. The third-order valence-corrected chi connectivity index (χ3v) is 3.27. The van der Waals surface area contributed by atoms with E-state index in [1.165, 1.54) is 18.4 Å². The van der Waals surface area contributed by atoms with Crippen LogP contribution in [0.1, 0.15) is 37.7 Å². The number of benzene rings is 1. The molecular weight excluding hydrogens is 184 g/mol. The Morgan fingerprint density at radius 3 is 2.73 bits per heavy atom. The quantitative estimate of drug-likeness (QED) is 0.734. The standard InChI is InChI=1S/C14H18O/c15-14-8-4-7-13(11-14)10-9-12-5-2-1-3-6-12/h1-3,5-6,13H,4,7-11H2/t13-/m1/s1. The Balaban J connectivity index is 1.80. The molecule has 1 aliphatic rings. The Kier molecular flexibility index (Phi) is 3.54. The van der Waals surface area contributed by atoms with Crippen molar-refractivity contribution in [2.24, 2.45) is 5.92 Å². The normalized spacial score (nSPS) is 21.6. The Hall–Kier alpha value is -1.11. The molecule has 0 bridgehead atoms. The highest BCUT2D eigenvalue weighted by atomic mass is 16.1. The lowest BCUT2D eigenvalue weighted by molar-refractivity contribution is -0.121. The lowest BCUT2D eigenvalue weighted by Gasteiger charge is -2.20.